The Morgan fingerprint density at radius 1 is 1.30 bits per heavy atom. The van der Waals surface area contributed by atoms with Crippen molar-refractivity contribution in [3.8, 4) is 0 Å². The van der Waals surface area contributed by atoms with Crippen LogP contribution in [0.4, 0.5) is 0 Å². The summed E-state index contributed by atoms with van der Waals surface area (Å²) in [5.74, 6) is 0.809. The molecular formula is C13H26IN5S. The van der Waals surface area contributed by atoms with Crippen LogP contribution in [0.5, 0.6) is 0 Å². The molecule has 7 heteroatoms. The summed E-state index contributed by atoms with van der Waals surface area (Å²) in [6.07, 6.45) is 1.89. The Labute approximate surface area is 143 Å². The third-order valence-electron chi connectivity index (χ3n) is 2.37. The Hall–Kier alpha value is -0.410. The van der Waals surface area contributed by atoms with Gasteiger partial charge in [-0.1, -0.05) is 0 Å². The number of thiazole rings is 1. The lowest BCUT2D eigenvalue weighted by molar-refractivity contribution is 0.428. The highest BCUT2D eigenvalue weighted by Gasteiger charge is 2.07. The molecule has 116 valence electrons. The monoisotopic (exact) mass is 411 g/mol. The summed E-state index contributed by atoms with van der Waals surface area (Å²) < 4.78 is 0. The van der Waals surface area contributed by atoms with Crippen LogP contribution in [0.3, 0.4) is 0 Å². The fraction of sp³-hybridized carbons (Fsp3) is 0.692. The first kappa shape index (κ1) is 19.6. The third kappa shape index (κ3) is 8.70. The van der Waals surface area contributed by atoms with Crippen LogP contribution >= 0.6 is 35.3 Å². The van der Waals surface area contributed by atoms with E-state index in [4.69, 9.17) is 0 Å². The van der Waals surface area contributed by atoms with Gasteiger partial charge in [-0.15, -0.1) is 35.3 Å². The number of aliphatic imine (C=N–C) groups is 1. The molecule has 0 unspecified atom stereocenters. The highest BCUT2D eigenvalue weighted by atomic mass is 127. The van der Waals surface area contributed by atoms with Gasteiger partial charge in [-0.05, 0) is 27.7 Å². The first-order valence-corrected chi connectivity index (χ1v) is 7.33. The van der Waals surface area contributed by atoms with Crippen molar-refractivity contribution in [2.24, 2.45) is 4.99 Å². The molecule has 0 aliphatic heterocycles. The SMILES string of the molecule is CN=C(NCCNC(C)(C)C)NCc1ncc(C)s1.I. The van der Waals surface area contributed by atoms with E-state index >= 15 is 0 Å². The Bertz CT molecular complexity index is 411. The predicted octanol–water partition coefficient (Wildman–Crippen LogP) is 2.12. The van der Waals surface area contributed by atoms with E-state index in [0.717, 1.165) is 24.1 Å². The molecule has 0 aliphatic carbocycles. The summed E-state index contributed by atoms with van der Waals surface area (Å²) in [5.41, 5.74) is 0.150. The average molecular weight is 411 g/mol. The van der Waals surface area contributed by atoms with Gasteiger partial charge in [0.1, 0.15) is 5.01 Å². The molecule has 1 aromatic rings. The molecule has 0 amide bonds. The first-order valence-electron chi connectivity index (χ1n) is 6.51. The van der Waals surface area contributed by atoms with Crippen LogP contribution in [0.2, 0.25) is 0 Å². The number of aryl methyl sites for hydroxylation is 1. The van der Waals surface area contributed by atoms with Gasteiger partial charge in [0.25, 0.3) is 0 Å². The number of aromatic nitrogens is 1. The van der Waals surface area contributed by atoms with Gasteiger partial charge in [0.05, 0.1) is 6.54 Å². The maximum atomic E-state index is 4.31. The molecule has 0 radical (unpaired) electrons. The smallest absolute Gasteiger partial charge is 0.191 e. The summed E-state index contributed by atoms with van der Waals surface area (Å²) in [4.78, 5) is 9.73. The summed E-state index contributed by atoms with van der Waals surface area (Å²) in [6, 6.07) is 0. The molecule has 0 fully saturated rings. The number of hydrogen-bond acceptors (Lipinski definition) is 4. The van der Waals surface area contributed by atoms with E-state index in [9.17, 15) is 0 Å². The zero-order chi connectivity index (χ0) is 14.3. The van der Waals surface area contributed by atoms with Gasteiger partial charge in [0.2, 0.25) is 0 Å². The maximum Gasteiger partial charge on any atom is 0.191 e. The average Bonchev–Trinajstić information content (AvgIpc) is 2.73. The van der Waals surface area contributed by atoms with Gasteiger partial charge < -0.3 is 16.0 Å². The van der Waals surface area contributed by atoms with Crippen molar-refractivity contribution < 1.29 is 0 Å². The quantitative estimate of drug-likeness (QED) is 0.301. The van der Waals surface area contributed by atoms with Crippen molar-refractivity contribution in [3.63, 3.8) is 0 Å². The Kier molecular flexibility index (Phi) is 9.32. The molecule has 0 atom stereocenters. The van der Waals surface area contributed by atoms with Crippen LogP contribution in [0.1, 0.15) is 30.7 Å². The molecule has 20 heavy (non-hydrogen) atoms. The van der Waals surface area contributed by atoms with Gasteiger partial charge >= 0.3 is 0 Å². The van der Waals surface area contributed by atoms with E-state index in [0.29, 0.717) is 6.54 Å². The van der Waals surface area contributed by atoms with Crippen molar-refractivity contribution in [3.05, 3.63) is 16.1 Å². The van der Waals surface area contributed by atoms with Crippen LogP contribution in [-0.4, -0.2) is 36.6 Å². The highest BCUT2D eigenvalue weighted by Crippen LogP contribution is 2.10. The Morgan fingerprint density at radius 3 is 2.50 bits per heavy atom. The Morgan fingerprint density at radius 2 is 2.00 bits per heavy atom. The molecule has 0 aromatic carbocycles. The minimum absolute atomic E-state index is 0. The molecule has 3 N–H and O–H groups in total. The number of guanidine groups is 1. The van der Waals surface area contributed by atoms with E-state index in [1.54, 1.807) is 18.4 Å². The second-order valence-corrected chi connectivity index (χ2v) is 6.71. The molecule has 0 saturated carbocycles. The standard InChI is InChI=1S/C13H25N5S.HI/c1-10-8-16-11(19-10)9-17-12(14-5)15-6-7-18-13(2,3)4;/h8,18H,6-7,9H2,1-5H3,(H2,14,15,17);1H. The zero-order valence-electron chi connectivity index (χ0n) is 12.9. The number of nitrogens with zero attached hydrogens (tertiary/aromatic N) is 2. The lowest BCUT2D eigenvalue weighted by atomic mass is 10.1. The van der Waals surface area contributed by atoms with Gasteiger partial charge in [0, 0.05) is 36.8 Å². The van der Waals surface area contributed by atoms with E-state index in [1.807, 2.05) is 6.20 Å². The van der Waals surface area contributed by atoms with E-state index in [2.05, 4.69) is 53.6 Å². The highest BCUT2D eigenvalue weighted by molar-refractivity contribution is 14.0. The summed E-state index contributed by atoms with van der Waals surface area (Å²) in [5, 5.41) is 11.0. The summed E-state index contributed by atoms with van der Waals surface area (Å²) in [6.45, 7) is 11.0. The van der Waals surface area contributed by atoms with Crippen molar-refractivity contribution in [1.82, 2.24) is 20.9 Å². The second kappa shape index (κ2) is 9.51. The van der Waals surface area contributed by atoms with Crippen LogP contribution in [0, 0.1) is 6.92 Å². The number of nitrogens with one attached hydrogen (secondary N) is 3. The molecule has 0 saturated heterocycles. The van der Waals surface area contributed by atoms with Crippen molar-refractivity contribution in [2.45, 2.75) is 39.8 Å². The number of halogens is 1. The van der Waals surface area contributed by atoms with Gasteiger partial charge in [0.15, 0.2) is 5.96 Å². The van der Waals surface area contributed by atoms with E-state index in [1.165, 1.54) is 4.88 Å². The van der Waals surface area contributed by atoms with Crippen LogP contribution < -0.4 is 16.0 Å². The first-order chi connectivity index (χ1) is 8.90. The van der Waals surface area contributed by atoms with Crippen LogP contribution in [0.15, 0.2) is 11.2 Å². The lowest BCUT2D eigenvalue weighted by Crippen LogP contribution is -2.44. The fourth-order valence-corrected chi connectivity index (χ4v) is 2.21. The van der Waals surface area contributed by atoms with Crippen LogP contribution in [-0.2, 0) is 6.54 Å². The fourth-order valence-electron chi connectivity index (χ4n) is 1.48. The minimum Gasteiger partial charge on any atom is -0.355 e. The van der Waals surface area contributed by atoms with Crippen molar-refractivity contribution in [1.29, 1.82) is 0 Å². The lowest BCUT2D eigenvalue weighted by Gasteiger charge is -2.21. The van der Waals surface area contributed by atoms with Crippen molar-refractivity contribution >= 4 is 41.3 Å². The largest absolute Gasteiger partial charge is 0.355 e. The van der Waals surface area contributed by atoms with Crippen molar-refractivity contribution in [2.75, 3.05) is 20.1 Å². The second-order valence-electron chi connectivity index (χ2n) is 5.39. The molecule has 1 rings (SSSR count). The predicted molar refractivity (Wildman–Crippen MR) is 98.2 cm³/mol. The molecule has 0 aliphatic rings. The Balaban J connectivity index is 0.00000361. The molecule has 1 heterocycles. The zero-order valence-corrected chi connectivity index (χ0v) is 16.1. The van der Waals surface area contributed by atoms with Crippen LogP contribution in [0.25, 0.3) is 0 Å². The number of hydrogen-bond donors (Lipinski definition) is 3. The van der Waals surface area contributed by atoms with Gasteiger partial charge in [-0.3, -0.25) is 4.99 Å². The van der Waals surface area contributed by atoms with E-state index in [-0.39, 0.29) is 29.5 Å². The number of rotatable bonds is 5. The molecule has 5 nitrogen and oxygen atoms in total. The third-order valence-corrected chi connectivity index (χ3v) is 3.29. The normalized spacial score (nSPS) is 11.9. The maximum absolute atomic E-state index is 4.31. The molecule has 0 spiro atoms. The molecular weight excluding hydrogens is 385 g/mol. The minimum atomic E-state index is 0. The topological polar surface area (TPSA) is 61.3 Å². The molecule has 0 bridgehead atoms. The van der Waals surface area contributed by atoms with E-state index < -0.39 is 0 Å². The van der Waals surface area contributed by atoms with Gasteiger partial charge in [-0.25, -0.2) is 4.98 Å². The summed E-state index contributed by atoms with van der Waals surface area (Å²) >= 11 is 1.70. The van der Waals surface area contributed by atoms with Gasteiger partial charge in [-0.2, -0.15) is 0 Å². The summed E-state index contributed by atoms with van der Waals surface area (Å²) in [7, 11) is 1.78. The molecule has 1 aromatic heterocycles.